The van der Waals surface area contributed by atoms with Crippen LogP contribution >= 0.6 is 24.8 Å². The summed E-state index contributed by atoms with van der Waals surface area (Å²) in [6.07, 6.45) is 0. The summed E-state index contributed by atoms with van der Waals surface area (Å²) in [5.41, 5.74) is 0. The summed E-state index contributed by atoms with van der Waals surface area (Å²) in [6, 6.07) is 3.95. The average Bonchev–Trinajstić information content (AvgIpc) is 1.69. The van der Waals surface area contributed by atoms with Gasteiger partial charge in [0.2, 0.25) is 0 Å². The van der Waals surface area contributed by atoms with Crippen LogP contribution in [0.25, 0.3) is 0 Å². The first kappa shape index (κ1) is 16.1. The van der Waals surface area contributed by atoms with Gasteiger partial charge < -0.3 is 0 Å². The average molecular weight is 259 g/mol. The Balaban J connectivity index is -0.000000180. The van der Waals surface area contributed by atoms with Gasteiger partial charge in [0.15, 0.2) is 0 Å². The monoisotopic (exact) mass is 258 g/mol. The minimum atomic E-state index is 0. The quantitative estimate of drug-likeness (QED) is 0.561. The summed E-state index contributed by atoms with van der Waals surface area (Å²) in [4.78, 5) is 1.12. The van der Waals surface area contributed by atoms with E-state index in [2.05, 4.69) is 0 Å². The van der Waals surface area contributed by atoms with Gasteiger partial charge in [0, 0.05) is 0 Å². The van der Waals surface area contributed by atoms with E-state index in [1.54, 1.807) is 0 Å². The summed E-state index contributed by atoms with van der Waals surface area (Å²) in [6.45, 7) is 0. The summed E-state index contributed by atoms with van der Waals surface area (Å²) >= 11 is 0.346. The second-order valence-electron chi connectivity index (χ2n) is 0.698. The van der Waals surface area contributed by atoms with Crippen molar-refractivity contribution in [1.29, 1.82) is 10.5 Å². The van der Waals surface area contributed by atoms with Crippen LogP contribution in [-0.2, 0) is 18.0 Å². The molecule has 0 aliphatic heterocycles. The molecule has 0 bridgehead atoms. The van der Waals surface area contributed by atoms with E-state index in [1.165, 1.54) is 0 Å². The van der Waals surface area contributed by atoms with Crippen LogP contribution in [0.15, 0.2) is 0 Å². The Hall–Kier alpha value is 0.222. The molecule has 0 saturated carbocycles. The van der Waals surface area contributed by atoms with Crippen LogP contribution in [0.2, 0.25) is 9.79 Å². The van der Waals surface area contributed by atoms with Crippen molar-refractivity contribution in [3.63, 3.8) is 0 Å². The number of nitriles is 2. The Bertz CT molecular complexity index is 101. The van der Waals surface area contributed by atoms with Gasteiger partial charge in [-0.25, -0.2) is 0 Å². The molecule has 0 amide bonds. The van der Waals surface area contributed by atoms with E-state index < -0.39 is 0 Å². The zero-order chi connectivity index (χ0) is 5.54. The fourth-order valence-corrected chi connectivity index (χ4v) is 0.652. The zero-order valence-electron chi connectivity index (χ0n) is 4.44. The van der Waals surface area contributed by atoms with Crippen molar-refractivity contribution in [1.82, 2.24) is 0 Å². The maximum atomic E-state index is 7.95. The Morgan fingerprint density at radius 2 is 1.33 bits per heavy atom. The van der Waals surface area contributed by atoms with E-state index in [-0.39, 0.29) is 24.8 Å². The fourth-order valence-electron chi connectivity index (χ4n) is 0.110. The van der Waals surface area contributed by atoms with Crippen LogP contribution in [0.1, 0.15) is 0 Å². The fraction of sp³-hybridized carbons (Fsp3) is 0.500. The molecule has 5 heteroatoms. The van der Waals surface area contributed by atoms with Crippen LogP contribution in [0, 0.1) is 22.7 Å². The molecule has 0 aliphatic rings. The van der Waals surface area contributed by atoms with Crippen molar-refractivity contribution in [2.24, 2.45) is 0 Å². The summed E-state index contributed by atoms with van der Waals surface area (Å²) in [7, 11) is 0. The molecule has 0 aromatic rings. The van der Waals surface area contributed by atoms with Crippen molar-refractivity contribution in [2.75, 3.05) is 0 Å². The molecule has 0 atom stereocenters. The molecular weight excluding hydrogens is 253 g/mol. The topological polar surface area (TPSA) is 47.6 Å². The van der Waals surface area contributed by atoms with Gasteiger partial charge in [-0.2, -0.15) is 0 Å². The Labute approximate surface area is 75.2 Å². The first-order valence-electron chi connectivity index (χ1n) is 1.60. The van der Waals surface area contributed by atoms with E-state index in [1.807, 2.05) is 12.1 Å². The van der Waals surface area contributed by atoms with Crippen molar-refractivity contribution < 1.29 is 18.0 Å². The Morgan fingerprint density at radius 1 is 1.00 bits per heavy atom. The zero-order valence-corrected chi connectivity index (χ0v) is 7.63. The van der Waals surface area contributed by atoms with Gasteiger partial charge in [-0.3, -0.25) is 0 Å². The molecule has 0 aliphatic carbocycles. The predicted octanol–water partition coefficient (Wildman–Crippen LogP) is 1.80. The molecule has 56 valence electrons. The van der Waals surface area contributed by atoms with Crippen molar-refractivity contribution in [3.8, 4) is 12.1 Å². The number of hydrogen-bond acceptors (Lipinski definition) is 2. The van der Waals surface area contributed by atoms with Crippen LogP contribution in [0.3, 0.4) is 0 Å². The van der Waals surface area contributed by atoms with Crippen LogP contribution in [0.4, 0.5) is 0 Å². The Morgan fingerprint density at radius 3 is 1.56 bits per heavy atom. The first-order valence-corrected chi connectivity index (χ1v) is 3.80. The normalized spacial score (nSPS) is 5.56. The number of nitrogens with zero attached hydrogens (tertiary/aromatic N) is 2. The third-order valence-electron chi connectivity index (χ3n) is 0.258. The number of rotatable bonds is 2. The third-order valence-corrected chi connectivity index (χ3v) is 1.53. The molecule has 0 N–H and O–H groups in total. The summed E-state index contributed by atoms with van der Waals surface area (Å²) < 4.78 is 0. The summed E-state index contributed by atoms with van der Waals surface area (Å²) in [5.74, 6) is 0. The number of halogens is 2. The Kier molecular flexibility index (Phi) is 28.1. The summed E-state index contributed by atoms with van der Waals surface area (Å²) in [5, 5.41) is 15.9. The molecule has 0 aromatic heterocycles. The standard InChI is InChI=1S/2C2H2N.2ClH.Pd/c2*1-2-3;;;/h2*1H2;2*1H;. The molecule has 0 radical (unpaired) electrons. The van der Waals surface area contributed by atoms with Gasteiger partial charge in [-0.15, -0.1) is 24.8 Å². The van der Waals surface area contributed by atoms with Gasteiger partial charge >= 0.3 is 50.4 Å². The molecule has 0 rings (SSSR count). The second kappa shape index (κ2) is 15.7. The SMILES string of the molecule is Cl.Cl.N#C[CH2][Pd][CH2]C#N. The van der Waals surface area contributed by atoms with Crippen LogP contribution in [-0.4, -0.2) is 0 Å². The van der Waals surface area contributed by atoms with E-state index in [0.29, 0.717) is 27.8 Å². The molecule has 0 heterocycles. The predicted molar refractivity (Wildman–Crippen MR) is 35.3 cm³/mol. The van der Waals surface area contributed by atoms with Crippen molar-refractivity contribution in [2.45, 2.75) is 9.79 Å². The second-order valence-corrected chi connectivity index (χ2v) is 2.57. The third kappa shape index (κ3) is 17.9. The van der Waals surface area contributed by atoms with Gasteiger partial charge in [0.25, 0.3) is 0 Å². The molecule has 2 nitrogen and oxygen atoms in total. The first-order chi connectivity index (χ1) is 3.41. The van der Waals surface area contributed by atoms with Crippen molar-refractivity contribution >= 4 is 24.8 Å². The van der Waals surface area contributed by atoms with E-state index in [4.69, 9.17) is 10.5 Å². The van der Waals surface area contributed by atoms with Crippen LogP contribution in [0.5, 0.6) is 0 Å². The molecule has 0 saturated heterocycles. The van der Waals surface area contributed by atoms with Crippen LogP contribution < -0.4 is 0 Å². The molecular formula is C4H6Cl2N2Pd. The van der Waals surface area contributed by atoms with Gasteiger partial charge in [0.05, 0.1) is 0 Å². The van der Waals surface area contributed by atoms with E-state index in [0.717, 1.165) is 0 Å². The molecule has 0 aromatic carbocycles. The van der Waals surface area contributed by atoms with E-state index in [9.17, 15) is 0 Å². The number of hydrogen-bond donors (Lipinski definition) is 0. The maximum absolute atomic E-state index is 7.95. The van der Waals surface area contributed by atoms with Gasteiger partial charge in [0.1, 0.15) is 0 Å². The van der Waals surface area contributed by atoms with E-state index >= 15 is 0 Å². The van der Waals surface area contributed by atoms with Gasteiger partial charge in [-0.1, -0.05) is 0 Å². The molecule has 0 spiro atoms. The molecule has 9 heavy (non-hydrogen) atoms. The molecule has 0 unspecified atom stereocenters. The van der Waals surface area contributed by atoms with Crippen molar-refractivity contribution in [3.05, 3.63) is 0 Å². The van der Waals surface area contributed by atoms with Gasteiger partial charge in [-0.05, 0) is 0 Å². The molecule has 0 fully saturated rings. The minimum absolute atomic E-state index is 0.